The Kier molecular flexibility index (Phi) is 5.60. The molecule has 0 unspecified atom stereocenters. The minimum absolute atomic E-state index is 0.124. The Balaban J connectivity index is 1.68. The molecule has 1 aromatic carbocycles. The van der Waals surface area contributed by atoms with Crippen molar-refractivity contribution in [3.63, 3.8) is 0 Å². The van der Waals surface area contributed by atoms with Crippen LogP contribution in [0.4, 0.5) is 0 Å². The Labute approximate surface area is 126 Å². The summed E-state index contributed by atoms with van der Waals surface area (Å²) in [4.78, 5) is 11.5. The molecule has 0 spiro atoms. The SMILES string of the molecule is O=C(COc1ccc(Cl)cc1)NN=CC=Cc1ccco1. The molecule has 1 aromatic heterocycles. The van der Waals surface area contributed by atoms with Gasteiger partial charge in [0, 0.05) is 11.2 Å². The normalized spacial score (nSPS) is 11.1. The number of carbonyl (C=O) groups excluding carboxylic acids is 1. The summed E-state index contributed by atoms with van der Waals surface area (Å²) >= 11 is 5.74. The average molecular weight is 305 g/mol. The van der Waals surface area contributed by atoms with Crippen molar-refractivity contribution in [1.82, 2.24) is 5.43 Å². The summed E-state index contributed by atoms with van der Waals surface area (Å²) in [6.45, 7) is -0.124. The lowest BCUT2D eigenvalue weighted by atomic mass is 10.3. The van der Waals surface area contributed by atoms with Crippen molar-refractivity contribution < 1.29 is 13.9 Å². The molecule has 1 amide bonds. The van der Waals surface area contributed by atoms with E-state index >= 15 is 0 Å². The van der Waals surface area contributed by atoms with E-state index in [1.54, 1.807) is 48.7 Å². The van der Waals surface area contributed by atoms with Gasteiger partial charge in [0.15, 0.2) is 6.61 Å². The quantitative estimate of drug-likeness (QED) is 0.658. The van der Waals surface area contributed by atoms with Crippen molar-refractivity contribution in [2.75, 3.05) is 6.61 Å². The molecule has 0 radical (unpaired) electrons. The van der Waals surface area contributed by atoms with Crippen molar-refractivity contribution in [3.8, 4) is 5.75 Å². The molecule has 108 valence electrons. The summed E-state index contributed by atoms with van der Waals surface area (Å²) in [5.41, 5.74) is 2.34. The number of hydrogen-bond donors (Lipinski definition) is 1. The van der Waals surface area contributed by atoms with E-state index in [0.717, 1.165) is 0 Å². The van der Waals surface area contributed by atoms with Crippen molar-refractivity contribution >= 4 is 29.8 Å². The van der Waals surface area contributed by atoms with Gasteiger partial charge in [-0.15, -0.1) is 0 Å². The lowest BCUT2D eigenvalue weighted by molar-refractivity contribution is -0.123. The predicted octanol–water partition coefficient (Wildman–Crippen LogP) is 3.13. The van der Waals surface area contributed by atoms with Crippen LogP contribution >= 0.6 is 11.6 Å². The van der Waals surface area contributed by atoms with Crippen LogP contribution in [-0.2, 0) is 4.79 Å². The molecule has 21 heavy (non-hydrogen) atoms. The number of nitrogens with zero attached hydrogens (tertiary/aromatic N) is 1. The number of rotatable bonds is 6. The summed E-state index contributed by atoms with van der Waals surface area (Å²) in [5.74, 6) is 0.919. The highest BCUT2D eigenvalue weighted by molar-refractivity contribution is 6.30. The second kappa shape index (κ2) is 7.91. The Morgan fingerprint density at radius 3 is 2.86 bits per heavy atom. The minimum Gasteiger partial charge on any atom is -0.484 e. The highest BCUT2D eigenvalue weighted by Crippen LogP contribution is 2.15. The smallest absolute Gasteiger partial charge is 0.277 e. The summed E-state index contributed by atoms with van der Waals surface area (Å²) in [6, 6.07) is 10.3. The predicted molar refractivity (Wildman–Crippen MR) is 81.3 cm³/mol. The van der Waals surface area contributed by atoms with Crippen LogP contribution < -0.4 is 10.2 Å². The first-order chi connectivity index (χ1) is 10.2. The Morgan fingerprint density at radius 2 is 2.14 bits per heavy atom. The van der Waals surface area contributed by atoms with E-state index in [1.807, 2.05) is 6.07 Å². The first kappa shape index (κ1) is 14.9. The monoisotopic (exact) mass is 304 g/mol. The zero-order valence-electron chi connectivity index (χ0n) is 11.0. The number of hydrazone groups is 1. The van der Waals surface area contributed by atoms with Gasteiger partial charge in [0.2, 0.25) is 0 Å². The molecule has 0 aliphatic carbocycles. The van der Waals surface area contributed by atoms with E-state index in [4.69, 9.17) is 20.8 Å². The van der Waals surface area contributed by atoms with Crippen molar-refractivity contribution in [2.45, 2.75) is 0 Å². The first-order valence-electron chi connectivity index (χ1n) is 6.14. The zero-order chi connectivity index (χ0) is 14.9. The van der Waals surface area contributed by atoms with Gasteiger partial charge in [-0.1, -0.05) is 11.6 Å². The Bertz CT molecular complexity index is 619. The first-order valence-corrected chi connectivity index (χ1v) is 6.52. The fraction of sp³-hybridized carbons (Fsp3) is 0.0667. The maximum atomic E-state index is 11.5. The molecule has 0 saturated carbocycles. The van der Waals surface area contributed by atoms with E-state index in [9.17, 15) is 4.79 Å². The Hall–Kier alpha value is -2.53. The number of allylic oxidation sites excluding steroid dienone is 1. The fourth-order valence-electron chi connectivity index (χ4n) is 1.39. The number of nitrogens with one attached hydrogen (secondary N) is 1. The zero-order valence-corrected chi connectivity index (χ0v) is 11.8. The summed E-state index contributed by atoms with van der Waals surface area (Å²) in [5, 5.41) is 4.35. The van der Waals surface area contributed by atoms with Crippen molar-refractivity contribution in [3.05, 3.63) is 59.5 Å². The third-order valence-corrected chi connectivity index (χ3v) is 2.59. The van der Waals surface area contributed by atoms with Crippen LogP contribution in [0.2, 0.25) is 5.02 Å². The molecule has 1 heterocycles. The van der Waals surface area contributed by atoms with Crippen LogP contribution in [0.25, 0.3) is 6.08 Å². The van der Waals surface area contributed by atoms with Gasteiger partial charge in [-0.05, 0) is 48.6 Å². The minimum atomic E-state index is -0.354. The highest BCUT2D eigenvalue weighted by Gasteiger charge is 2.00. The molecule has 0 atom stereocenters. The molecule has 5 nitrogen and oxygen atoms in total. The van der Waals surface area contributed by atoms with E-state index < -0.39 is 0 Å². The third-order valence-electron chi connectivity index (χ3n) is 2.34. The number of benzene rings is 1. The van der Waals surface area contributed by atoms with Crippen LogP contribution in [0.15, 0.2) is 58.3 Å². The van der Waals surface area contributed by atoms with Gasteiger partial charge >= 0.3 is 0 Å². The number of amides is 1. The molecule has 0 bridgehead atoms. The van der Waals surface area contributed by atoms with Crippen LogP contribution in [0.1, 0.15) is 5.76 Å². The Morgan fingerprint density at radius 1 is 1.33 bits per heavy atom. The van der Waals surface area contributed by atoms with Gasteiger partial charge in [-0.2, -0.15) is 5.10 Å². The van der Waals surface area contributed by atoms with Gasteiger partial charge in [0.05, 0.1) is 6.26 Å². The van der Waals surface area contributed by atoms with E-state index in [0.29, 0.717) is 16.5 Å². The number of furan rings is 1. The molecule has 0 aliphatic heterocycles. The van der Waals surface area contributed by atoms with E-state index in [2.05, 4.69) is 10.5 Å². The summed E-state index contributed by atoms with van der Waals surface area (Å²) in [7, 11) is 0. The van der Waals surface area contributed by atoms with Gasteiger partial charge < -0.3 is 9.15 Å². The average Bonchev–Trinajstić information content (AvgIpc) is 2.99. The number of halogens is 1. The molecule has 0 fully saturated rings. The maximum Gasteiger partial charge on any atom is 0.277 e. The molecular weight excluding hydrogens is 292 g/mol. The van der Waals surface area contributed by atoms with E-state index in [-0.39, 0.29) is 12.5 Å². The van der Waals surface area contributed by atoms with Crippen LogP contribution in [0, 0.1) is 0 Å². The largest absolute Gasteiger partial charge is 0.484 e. The number of ether oxygens (including phenoxy) is 1. The fourth-order valence-corrected chi connectivity index (χ4v) is 1.51. The van der Waals surface area contributed by atoms with Crippen LogP contribution in [0.3, 0.4) is 0 Å². The van der Waals surface area contributed by atoms with Gasteiger partial charge in [-0.3, -0.25) is 4.79 Å². The standard InChI is InChI=1S/C15H13ClN2O3/c16-12-5-7-14(8-6-12)21-11-15(19)18-17-9-1-3-13-4-2-10-20-13/h1-10H,11H2,(H,18,19). The lowest BCUT2D eigenvalue weighted by Crippen LogP contribution is -2.24. The van der Waals surface area contributed by atoms with Crippen molar-refractivity contribution in [1.29, 1.82) is 0 Å². The van der Waals surface area contributed by atoms with Crippen LogP contribution in [-0.4, -0.2) is 18.7 Å². The summed E-state index contributed by atoms with van der Waals surface area (Å²) < 4.78 is 10.4. The van der Waals surface area contributed by atoms with Crippen LogP contribution in [0.5, 0.6) is 5.75 Å². The second-order valence-electron chi connectivity index (χ2n) is 3.93. The maximum absolute atomic E-state index is 11.5. The third kappa shape index (κ3) is 5.54. The molecule has 2 rings (SSSR count). The molecule has 6 heteroatoms. The molecular formula is C15H13ClN2O3. The van der Waals surface area contributed by atoms with Gasteiger partial charge in [0.25, 0.3) is 5.91 Å². The molecule has 0 saturated heterocycles. The second-order valence-corrected chi connectivity index (χ2v) is 4.37. The number of carbonyl (C=O) groups is 1. The lowest BCUT2D eigenvalue weighted by Gasteiger charge is -2.04. The van der Waals surface area contributed by atoms with Gasteiger partial charge in [-0.25, -0.2) is 5.43 Å². The number of hydrogen-bond acceptors (Lipinski definition) is 4. The van der Waals surface area contributed by atoms with Gasteiger partial charge in [0.1, 0.15) is 11.5 Å². The molecule has 1 N–H and O–H groups in total. The molecule has 0 aliphatic rings. The van der Waals surface area contributed by atoms with E-state index in [1.165, 1.54) is 6.21 Å². The highest BCUT2D eigenvalue weighted by atomic mass is 35.5. The topological polar surface area (TPSA) is 63.8 Å². The summed E-state index contributed by atoms with van der Waals surface area (Å²) in [6.07, 6.45) is 6.40. The molecule has 2 aromatic rings. The van der Waals surface area contributed by atoms with Crippen molar-refractivity contribution in [2.24, 2.45) is 5.10 Å².